The summed E-state index contributed by atoms with van der Waals surface area (Å²) < 4.78 is 8.88. The normalized spacial score (nSPS) is 8.87. The zero-order chi connectivity index (χ0) is 13.1. The van der Waals surface area contributed by atoms with Gasteiger partial charge in [0.2, 0.25) is 0 Å². The molecular formula is C4H13N2O8P. The Labute approximate surface area is 84.4 Å². The summed E-state index contributed by atoms with van der Waals surface area (Å²) in [5.41, 5.74) is 9.14. The van der Waals surface area contributed by atoms with Crippen LogP contribution < -0.4 is 11.5 Å². The van der Waals surface area contributed by atoms with E-state index in [2.05, 4.69) is 11.5 Å². The highest BCUT2D eigenvalue weighted by atomic mass is 31.2. The average Bonchev–Trinajstić information content (AvgIpc) is 2.02. The molecule has 11 heteroatoms. The Kier molecular flexibility index (Phi) is 14.4. The van der Waals surface area contributed by atoms with Crippen molar-refractivity contribution in [1.29, 1.82) is 0 Å². The molecule has 0 rings (SSSR count). The van der Waals surface area contributed by atoms with Crippen LogP contribution in [0.4, 0.5) is 0 Å². The third kappa shape index (κ3) is 177. The van der Waals surface area contributed by atoms with Gasteiger partial charge in [0.1, 0.15) is 0 Å². The first kappa shape index (κ1) is 19.5. The Morgan fingerprint density at radius 1 is 0.933 bits per heavy atom. The van der Waals surface area contributed by atoms with E-state index in [0.29, 0.717) is 0 Å². The molecule has 0 amide bonds. The lowest BCUT2D eigenvalue weighted by Gasteiger charge is -1.82. The van der Waals surface area contributed by atoms with Gasteiger partial charge in [0.05, 0.1) is 13.1 Å². The standard InChI is InChI=1S/2C2H5NO2.H3O4P/c2*3-1-2(4)5;1-5(2,3)4/h2*1,3H2,(H,4,5);(H3,1,2,3,4). The quantitative estimate of drug-likeness (QED) is 0.248. The lowest BCUT2D eigenvalue weighted by Crippen LogP contribution is -2.10. The molecule has 0 fully saturated rings. The topological polar surface area (TPSA) is 204 Å². The van der Waals surface area contributed by atoms with E-state index < -0.39 is 19.8 Å². The van der Waals surface area contributed by atoms with Gasteiger partial charge >= 0.3 is 19.8 Å². The molecule has 0 atom stereocenters. The molecule has 0 aliphatic rings. The van der Waals surface area contributed by atoms with Crippen LogP contribution in [0, 0.1) is 0 Å². The van der Waals surface area contributed by atoms with E-state index in [0.717, 1.165) is 0 Å². The molecule has 0 radical (unpaired) electrons. The number of hydrogen-bond donors (Lipinski definition) is 7. The molecule has 0 unspecified atom stereocenters. The van der Waals surface area contributed by atoms with Gasteiger partial charge in [-0.15, -0.1) is 0 Å². The third-order valence-corrected chi connectivity index (χ3v) is 0.349. The monoisotopic (exact) mass is 248 g/mol. The van der Waals surface area contributed by atoms with Crippen molar-refractivity contribution >= 4 is 19.8 Å². The van der Waals surface area contributed by atoms with Gasteiger partial charge in [-0.2, -0.15) is 0 Å². The van der Waals surface area contributed by atoms with E-state index in [1.54, 1.807) is 0 Å². The van der Waals surface area contributed by atoms with Crippen molar-refractivity contribution in [1.82, 2.24) is 0 Å². The molecule has 0 saturated carbocycles. The first-order valence-corrected chi connectivity index (χ1v) is 4.73. The van der Waals surface area contributed by atoms with Crippen molar-refractivity contribution in [3.8, 4) is 0 Å². The molecule has 10 nitrogen and oxygen atoms in total. The molecule has 15 heavy (non-hydrogen) atoms. The second-order valence-electron chi connectivity index (χ2n) is 1.71. The summed E-state index contributed by atoms with van der Waals surface area (Å²) in [6.07, 6.45) is 0. The minimum atomic E-state index is -4.64. The van der Waals surface area contributed by atoms with Crippen LogP contribution in [0.2, 0.25) is 0 Å². The maximum absolute atomic E-state index is 9.24. The molecule has 0 aromatic carbocycles. The summed E-state index contributed by atoms with van der Waals surface area (Å²) in [7, 11) is -4.64. The SMILES string of the molecule is NCC(=O)O.NCC(=O)O.O=P(O)(O)O. The fraction of sp³-hybridized carbons (Fsp3) is 0.500. The molecule has 0 aliphatic heterocycles. The van der Waals surface area contributed by atoms with Crippen LogP contribution in [-0.2, 0) is 14.2 Å². The van der Waals surface area contributed by atoms with Crippen LogP contribution in [0.15, 0.2) is 0 Å². The van der Waals surface area contributed by atoms with E-state index in [1.165, 1.54) is 0 Å². The van der Waals surface area contributed by atoms with Gasteiger partial charge in [0, 0.05) is 0 Å². The van der Waals surface area contributed by atoms with E-state index in [4.69, 9.17) is 29.5 Å². The lowest BCUT2D eigenvalue weighted by atomic mass is 10.7. The Hall–Kier alpha value is -1.03. The molecule has 0 aromatic rings. The maximum Gasteiger partial charge on any atom is 0.466 e. The van der Waals surface area contributed by atoms with Crippen molar-refractivity contribution in [2.45, 2.75) is 0 Å². The van der Waals surface area contributed by atoms with Crippen LogP contribution in [0.1, 0.15) is 0 Å². The number of aliphatic carboxylic acids is 2. The van der Waals surface area contributed by atoms with Crippen LogP contribution in [0.5, 0.6) is 0 Å². The fourth-order valence-electron chi connectivity index (χ4n) is 0. The predicted octanol–water partition coefficient (Wildman–Crippen LogP) is -2.87. The van der Waals surface area contributed by atoms with E-state index >= 15 is 0 Å². The van der Waals surface area contributed by atoms with Gasteiger partial charge in [-0.1, -0.05) is 0 Å². The number of carboxylic acid groups (broad SMARTS) is 2. The van der Waals surface area contributed by atoms with Crippen molar-refractivity contribution in [3.63, 3.8) is 0 Å². The number of phosphoric acid groups is 1. The molecule has 0 spiro atoms. The van der Waals surface area contributed by atoms with Crippen LogP contribution in [0.3, 0.4) is 0 Å². The van der Waals surface area contributed by atoms with Gasteiger partial charge < -0.3 is 36.4 Å². The smallest absolute Gasteiger partial charge is 0.466 e. The summed E-state index contributed by atoms with van der Waals surface area (Å²) in [5.74, 6) is -1.94. The van der Waals surface area contributed by atoms with Gasteiger partial charge in [0.25, 0.3) is 0 Å². The maximum atomic E-state index is 9.24. The van der Waals surface area contributed by atoms with Gasteiger partial charge in [0.15, 0.2) is 0 Å². The molecule has 0 heterocycles. The zero-order valence-electron chi connectivity index (χ0n) is 7.48. The highest BCUT2D eigenvalue weighted by Gasteiger charge is 2.00. The van der Waals surface area contributed by atoms with Crippen LogP contribution >= 0.6 is 7.82 Å². The molecule has 0 aromatic heterocycles. The highest BCUT2D eigenvalue weighted by Crippen LogP contribution is 2.25. The average molecular weight is 248 g/mol. The Morgan fingerprint density at radius 3 is 1.00 bits per heavy atom. The van der Waals surface area contributed by atoms with Gasteiger partial charge in [-0.05, 0) is 0 Å². The molecule has 92 valence electrons. The van der Waals surface area contributed by atoms with Crippen molar-refractivity contribution in [2.24, 2.45) is 11.5 Å². The van der Waals surface area contributed by atoms with Gasteiger partial charge in [-0.25, -0.2) is 4.57 Å². The Balaban J connectivity index is -0.000000144. The summed E-state index contributed by atoms with van der Waals surface area (Å²) in [6, 6.07) is 0. The van der Waals surface area contributed by atoms with Crippen molar-refractivity contribution in [3.05, 3.63) is 0 Å². The summed E-state index contributed by atoms with van der Waals surface area (Å²) in [5, 5.41) is 15.2. The highest BCUT2D eigenvalue weighted by molar-refractivity contribution is 7.45. The van der Waals surface area contributed by atoms with Crippen molar-refractivity contribution in [2.75, 3.05) is 13.1 Å². The molecule has 0 bridgehead atoms. The van der Waals surface area contributed by atoms with E-state index in [-0.39, 0.29) is 13.1 Å². The first-order valence-electron chi connectivity index (χ1n) is 3.16. The second-order valence-corrected chi connectivity index (χ2v) is 2.74. The Morgan fingerprint density at radius 2 is 1.00 bits per heavy atom. The number of nitrogens with two attached hydrogens (primary N) is 2. The zero-order valence-corrected chi connectivity index (χ0v) is 8.37. The minimum absolute atomic E-state index is 0.278. The number of carbonyl (C=O) groups is 2. The van der Waals surface area contributed by atoms with Gasteiger partial charge in [-0.3, -0.25) is 9.59 Å². The number of hydrogen-bond acceptors (Lipinski definition) is 5. The summed E-state index contributed by atoms with van der Waals surface area (Å²) in [6.45, 7) is -0.556. The molecular weight excluding hydrogens is 235 g/mol. The molecule has 9 N–H and O–H groups in total. The number of carboxylic acids is 2. The van der Waals surface area contributed by atoms with E-state index in [1.807, 2.05) is 0 Å². The first-order chi connectivity index (χ1) is 6.54. The summed E-state index contributed by atoms with van der Waals surface area (Å²) in [4.78, 5) is 40.0. The largest absolute Gasteiger partial charge is 0.480 e. The van der Waals surface area contributed by atoms with E-state index in [9.17, 15) is 9.59 Å². The van der Waals surface area contributed by atoms with Crippen LogP contribution in [0.25, 0.3) is 0 Å². The minimum Gasteiger partial charge on any atom is -0.480 e. The Bertz CT molecular complexity index is 202. The van der Waals surface area contributed by atoms with Crippen LogP contribution in [-0.4, -0.2) is 49.9 Å². The second kappa shape index (κ2) is 11.0. The summed E-state index contributed by atoms with van der Waals surface area (Å²) >= 11 is 0. The molecule has 0 saturated heterocycles. The number of rotatable bonds is 2. The molecule has 0 aliphatic carbocycles. The lowest BCUT2D eigenvalue weighted by molar-refractivity contribution is -0.136. The van der Waals surface area contributed by atoms with Crippen molar-refractivity contribution < 1.29 is 39.0 Å². The fourth-order valence-corrected chi connectivity index (χ4v) is 0. The third-order valence-electron chi connectivity index (χ3n) is 0.349. The predicted molar refractivity (Wildman–Crippen MR) is 47.6 cm³/mol.